The first-order valence-electron chi connectivity index (χ1n) is 8.20. The van der Waals surface area contributed by atoms with Crippen LogP contribution in [0.25, 0.3) is 17.0 Å². The predicted octanol–water partition coefficient (Wildman–Crippen LogP) is 3.69. The third kappa shape index (κ3) is 3.55. The van der Waals surface area contributed by atoms with Crippen LogP contribution >= 0.6 is 0 Å². The summed E-state index contributed by atoms with van der Waals surface area (Å²) in [6, 6.07) is 11.8. The van der Waals surface area contributed by atoms with Gasteiger partial charge in [-0.15, -0.1) is 0 Å². The lowest BCUT2D eigenvalue weighted by Gasteiger charge is -2.22. The van der Waals surface area contributed by atoms with Crippen LogP contribution in [0.4, 0.5) is 5.82 Å². The molecule has 3 rings (SSSR count). The van der Waals surface area contributed by atoms with Gasteiger partial charge in [0, 0.05) is 35.9 Å². The summed E-state index contributed by atoms with van der Waals surface area (Å²) in [5.74, 6) is 0.392. The molecule has 128 valence electrons. The largest absolute Gasteiger partial charge is 0.384 e. The van der Waals surface area contributed by atoms with E-state index in [1.807, 2.05) is 25.1 Å². The standard InChI is InChI=1S/C20H22N4O/c1-13-5-4-6-17-16(13)11-18(23-17)14(2)24(3)20(25)10-8-15-7-9-19(21)22-12-15/h4-12,14,23H,1-3H3,(H2,21,22)/b10-8+. The number of hydrogen-bond acceptors (Lipinski definition) is 3. The van der Waals surface area contributed by atoms with E-state index < -0.39 is 0 Å². The number of nitrogens with one attached hydrogen (secondary N) is 1. The van der Waals surface area contributed by atoms with Crippen LogP contribution < -0.4 is 5.73 Å². The van der Waals surface area contributed by atoms with Crippen molar-refractivity contribution in [3.63, 3.8) is 0 Å². The van der Waals surface area contributed by atoms with Crippen molar-refractivity contribution in [1.82, 2.24) is 14.9 Å². The summed E-state index contributed by atoms with van der Waals surface area (Å²) >= 11 is 0. The van der Waals surface area contributed by atoms with E-state index in [1.54, 1.807) is 36.4 Å². The predicted molar refractivity (Wildman–Crippen MR) is 102 cm³/mol. The second-order valence-electron chi connectivity index (χ2n) is 6.24. The van der Waals surface area contributed by atoms with Gasteiger partial charge in [-0.25, -0.2) is 4.98 Å². The van der Waals surface area contributed by atoms with Crippen molar-refractivity contribution in [1.29, 1.82) is 0 Å². The Labute approximate surface area is 147 Å². The zero-order valence-corrected chi connectivity index (χ0v) is 14.7. The first kappa shape index (κ1) is 16.8. The molecule has 0 fully saturated rings. The molecule has 25 heavy (non-hydrogen) atoms. The number of nitrogens with two attached hydrogens (primary N) is 1. The summed E-state index contributed by atoms with van der Waals surface area (Å²) < 4.78 is 0. The van der Waals surface area contributed by atoms with E-state index >= 15 is 0 Å². The van der Waals surface area contributed by atoms with Crippen LogP contribution in [-0.2, 0) is 4.79 Å². The normalized spacial score (nSPS) is 12.6. The summed E-state index contributed by atoms with van der Waals surface area (Å²) in [7, 11) is 1.80. The summed E-state index contributed by atoms with van der Waals surface area (Å²) in [6.07, 6.45) is 4.94. The van der Waals surface area contributed by atoms with E-state index in [1.165, 1.54) is 10.9 Å². The molecule has 5 heteroatoms. The molecule has 0 aliphatic carbocycles. The van der Waals surface area contributed by atoms with Gasteiger partial charge in [-0.05, 0) is 55.3 Å². The van der Waals surface area contributed by atoms with Gasteiger partial charge >= 0.3 is 0 Å². The van der Waals surface area contributed by atoms with Gasteiger partial charge in [0.25, 0.3) is 0 Å². The second-order valence-corrected chi connectivity index (χ2v) is 6.24. The molecule has 1 atom stereocenters. The molecule has 0 spiro atoms. The molecule has 1 unspecified atom stereocenters. The van der Waals surface area contributed by atoms with E-state index in [0.29, 0.717) is 5.82 Å². The van der Waals surface area contributed by atoms with Crippen molar-refractivity contribution in [2.24, 2.45) is 0 Å². The van der Waals surface area contributed by atoms with Gasteiger partial charge in [-0.2, -0.15) is 0 Å². The average Bonchev–Trinajstić information content (AvgIpc) is 3.05. The fraction of sp³-hybridized carbons (Fsp3) is 0.200. The number of aromatic nitrogens is 2. The highest BCUT2D eigenvalue weighted by Gasteiger charge is 2.17. The molecule has 0 saturated heterocycles. The maximum atomic E-state index is 12.5. The molecule has 0 radical (unpaired) electrons. The fourth-order valence-corrected chi connectivity index (χ4v) is 2.75. The molecule has 0 aliphatic heterocycles. The molecule has 0 saturated carbocycles. The summed E-state index contributed by atoms with van der Waals surface area (Å²) in [4.78, 5) is 21.6. The average molecular weight is 334 g/mol. The van der Waals surface area contributed by atoms with Gasteiger partial charge < -0.3 is 15.6 Å². The summed E-state index contributed by atoms with van der Waals surface area (Å²) in [5.41, 5.74) is 9.73. The number of H-pyrrole nitrogens is 1. The lowest BCUT2D eigenvalue weighted by Crippen LogP contribution is -2.28. The van der Waals surface area contributed by atoms with Crippen LogP contribution in [0.1, 0.15) is 29.8 Å². The van der Waals surface area contributed by atoms with E-state index in [0.717, 1.165) is 16.8 Å². The number of anilines is 1. The minimum Gasteiger partial charge on any atom is -0.384 e. The molecule has 2 aromatic heterocycles. The first-order chi connectivity index (χ1) is 12.0. The van der Waals surface area contributed by atoms with Crippen LogP contribution in [0.15, 0.2) is 48.7 Å². The topological polar surface area (TPSA) is 75.0 Å². The monoisotopic (exact) mass is 334 g/mol. The number of carbonyl (C=O) groups excluding carboxylic acids is 1. The minimum atomic E-state index is -0.0697. The second kappa shape index (κ2) is 6.81. The Balaban J connectivity index is 1.76. The number of rotatable bonds is 4. The molecule has 1 aromatic carbocycles. The van der Waals surface area contributed by atoms with Crippen LogP contribution in [-0.4, -0.2) is 27.8 Å². The van der Waals surface area contributed by atoms with Crippen LogP contribution in [0, 0.1) is 6.92 Å². The summed E-state index contributed by atoms with van der Waals surface area (Å²) in [5, 5.41) is 1.19. The SMILES string of the molecule is Cc1cccc2[nH]c(C(C)N(C)C(=O)/C=C/c3ccc(N)nc3)cc12. The zero-order valence-electron chi connectivity index (χ0n) is 14.7. The number of carbonyl (C=O) groups is 1. The van der Waals surface area contributed by atoms with Crippen molar-refractivity contribution in [2.45, 2.75) is 19.9 Å². The van der Waals surface area contributed by atoms with Gasteiger partial charge in [0.1, 0.15) is 5.82 Å². The van der Waals surface area contributed by atoms with Crippen molar-refractivity contribution in [3.05, 3.63) is 65.5 Å². The number of nitrogens with zero attached hydrogens (tertiary/aromatic N) is 2. The minimum absolute atomic E-state index is 0.0616. The Morgan fingerprint density at radius 2 is 2.12 bits per heavy atom. The number of benzene rings is 1. The molecule has 2 heterocycles. The molecule has 0 aliphatic rings. The number of nitrogen functional groups attached to an aromatic ring is 1. The number of hydrogen-bond donors (Lipinski definition) is 2. The highest BCUT2D eigenvalue weighted by atomic mass is 16.2. The molecular formula is C20H22N4O. The number of pyridine rings is 1. The Kier molecular flexibility index (Phi) is 4.57. The highest BCUT2D eigenvalue weighted by Crippen LogP contribution is 2.25. The maximum Gasteiger partial charge on any atom is 0.246 e. The van der Waals surface area contributed by atoms with Crippen LogP contribution in [0.2, 0.25) is 0 Å². The van der Waals surface area contributed by atoms with E-state index in [-0.39, 0.29) is 11.9 Å². The highest BCUT2D eigenvalue weighted by molar-refractivity contribution is 5.92. The third-order valence-electron chi connectivity index (χ3n) is 4.51. The van der Waals surface area contributed by atoms with Crippen molar-refractivity contribution >= 4 is 28.7 Å². The van der Waals surface area contributed by atoms with Crippen LogP contribution in [0.3, 0.4) is 0 Å². The van der Waals surface area contributed by atoms with Gasteiger partial charge in [-0.1, -0.05) is 12.1 Å². The Morgan fingerprint density at radius 3 is 2.80 bits per heavy atom. The number of aryl methyl sites for hydroxylation is 1. The number of amides is 1. The smallest absolute Gasteiger partial charge is 0.246 e. The Morgan fingerprint density at radius 1 is 1.32 bits per heavy atom. The van der Waals surface area contributed by atoms with Crippen molar-refractivity contribution < 1.29 is 4.79 Å². The first-order valence-corrected chi connectivity index (χ1v) is 8.20. The number of aromatic amines is 1. The molecule has 5 nitrogen and oxygen atoms in total. The summed E-state index contributed by atoms with van der Waals surface area (Å²) in [6.45, 7) is 4.10. The van der Waals surface area contributed by atoms with Crippen molar-refractivity contribution in [2.75, 3.05) is 12.8 Å². The van der Waals surface area contributed by atoms with E-state index in [9.17, 15) is 4.79 Å². The fourth-order valence-electron chi connectivity index (χ4n) is 2.75. The molecule has 3 aromatic rings. The Bertz CT molecular complexity index is 925. The third-order valence-corrected chi connectivity index (χ3v) is 4.51. The van der Waals surface area contributed by atoms with Crippen LogP contribution in [0.5, 0.6) is 0 Å². The maximum absolute atomic E-state index is 12.5. The number of likely N-dealkylation sites (N-methyl/N-ethyl adjacent to an activating group) is 1. The van der Waals surface area contributed by atoms with Gasteiger partial charge in [-0.3, -0.25) is 4.79 Å². The zero-order chi connectivity index (χ0) is 18.0. The van der Waals surface area contributed by atoms with Crippen molar-refractivity contribution in [3.8, 4) is 0 Å². The number of fused-ring (bicyclic) bond motifs is 1. The lowest BCUT2D eigenvalue weighted by molar-refractivity contribution is -0.126. The molecular weight excluding hydrogens is 312 g/mol. The molecule has 1 amide bonds. The molecule has 3 N–H and O–H groups in total. The lowest BCUT2D eigenvalue weighted by atomic mass is 10.1. The van der Waals surface area contributed by atoms with E-state index in [2.05, 4.69) is 29.0 Å². The quantitative estimate of drug-likeness (QED) is 0.715. The van der Waals surface area contributed by atoms with Gasteiger partial charge in [0.15, 0.2) is 0 Å². The van der Waals surface area contributed by atoms with Gasteiger partial charge in [0.05, 0.1) is 6.04 Å². The van der Waals surface area contributed by atoms with E-state index in [4.69, 9.17) is 5.73 Å². The molecule has 0 bridgehead atoms. The van der Waals surface area contributed by atoms with Gasteiger partial charge in [0.2, 0.25) is 5.91 Å². The Hall–Kier alpha value is -3.08.